The average molecular weight is 375 g/mol. The van der Waals surface area contributed by atoms with Crippen molar-refractivity contribution in [2.45, 2.75) is 6.92 Å². The quantitative estimate of drug-likeness (QED) is 0.814. The van der Waals surface area contributed by atoms with Crippen molar-refractivity contribution in [2.24, 2.45) is 0 Å². The molecule has 26 heavy (non-hydrogen) atoms. The van der Waals surface area contributed by atoms with Crippen LogP contribution in [0.1, 0.15) is 6.92 Å². The number of piperazine rings is 1. The van der Waals surface area contributed by atoms with E-state index in [0.717, 1.165) is 37.6 Å². The molecule has 1 fully saturated rings. The summed E-state index contributed by atoms with van der Waals surface area (Å²) < 4.78 is 25.7. The Kier molecular flexibility index (Phi) is 5.68. The van der Waals surface area contributed by atoms with Crippen LogP contribution in [0.2, 0.25) is 0 Å². The van der Waals surface area contributed by atoms with E-state index in [4.69, 9.17) is 0 Å². The molecule has 7 heteroatoms. The van der Waals surface area contributed by atoms with E-state index in [1.165, 1.54) is 5.69 Å². The maximum atomic E-state index is 11.6. The number of nitrogens with zero attached hydrogens (tertiary/aromatic N) is 2. The van der Waals surface area contributed by atoms with Crippen LogP contribution in [0.15, 0.2) is 48.5 Å². The molecule has 3 rings (SSSR count). The van der Waals surface area contributed by atoms with Crippen LogP contribution in [-0.4, -0.2) is 52.3 Å². The number of hydrogen-bond acceptors (Lipinski definition) is 5. The Morgan fingerprint density at radius 3 is 1.88 bits per heavy atom. The SMILES string of the molecule is CCS(=O)(=O)Nc1ccc(Nc2ccc(N3CCN(C)CC3)cc2)cc1. The number of nitrogens with one attached hydrogen (secondary N) is 2. The van der Waals surface area contributed by atoms with E-state index in [1.807, 2.05) is 12.1 Å². The molecule has 6 nitrogen and oxygen atoms in total. The van der Waals surface area contributed by atoms with Crippen LogP contribution < -0.4 is 14.9 Å². The molecule has 0 radical (unpaired) electrons. The average Bonchev–Trinajstić information content (AvgIpc) is 2.65. The topological polar surface area (TPSA) is 64.7 Å². The lowest BCUT2D eigenvalue weighted by Crippen LogP contribution is -2.44. The van der Waals surface area contributed by atoms with Gasteiger partial charge in [0.2, 0.25) is 10.0 Å². The summed E-state index contributed by atoms with van der Waals surface area (Å²) in [5.74, 6) is 0.0622. The standard InChI is InChI=1S/C19H26N4O2S/c1-3-26(24,25)21-18-6-4-16(5-7-18)20-17-8-10-19(11-9-17)23-14-12-22(2)13-15-23/h4-11,20-21H,3,12-15H2,1-2H3. The maximum absolute atomic E-state index is 11.6. The van der Waals surface area contributed by atoms with E-state index >= 15 is 0 Å². The second kappa shape index (κ2) is 7.97. The van der Waals surface area contributed by atoms with Gasteiger partial charge >= 0.3 is 0 Å². The number of sulfonamides is 1. The third kappa shape index (κ3) is 4.89. The van der Waals surface area contributed by atoms with E-state index in [9.17, 15) is 8.42 Å². The normalized spacial score (nSPS) is 15.7. The molecule has 0 atom stereocenters. The van der Waals surface area contributed by atoms with Gasteiger partial charge in [0.25, 0.3) is 0 Å². The van der Waals surface area contributed by atoms with Crippen LogP contribution in [0.25, 0.3) is 0 Å². The highest BCUT2D eigenvalue weighted by Crippen LogP contribution is 2.23. The first-order valence-corrected chi connectivity index (χ1v) is 10.5. The van der Waals surface area contributed by atoms with E-state index in [0.29, 0.717) is 5.69 Å². The van der Waals surface area contributed by atoms with Crippen LogP contribution >= 0.6 is 0 Å². The number of anilines is 4. The van der Waals surface area contributed by atoms with E-state index < -0.39 is 10.0 Å². The molecular formula is C19H26N4O2S. The van der Waals surface area contributed by atoms with Gasteiger partial charge in [0.1, 0.15) is 0 Å². The molecule has 1 aliphatic rings. The van der Waals surface area contributed by atoms with Gasteiger partial charge in [0, 0.05) is 48.9 Å². The van der Waals surface area contributed by atoms with Crippen molar-refractivity contribution in [3.8, 4) is 0 Å². The van der Waals surface area contributed by atoms with E-state index in [2.05, 4.69) is 51.2 Å². The summed E-state index contributed by atoms with van der Waals surface area (Å²) in [6.45, 7) is 5.91. The van der Waals surface area contributed by atoms with Crippen molar-refractivity contribution < 1.29 is 8.42 Å². The second-order valence-electron chi connectivity index (χ2n) is 6.55. The van der Waals surface area contributed by atoms with E-state index in [-0.39, 0.29) is 5.75 Å². The van der Waals surface area contributed by atoms with Gasteiger partial charge in [-0.15, -0.1) is 0 Å². The van der Waals surface area contributed by atoms with Crippen molar-refractivity contribution in [1.29, 1.82) is 0 Å². The minimum Gasteiger partial charge on any atom is -0.369 e. The maximum Gasteiger partial charge on any atom is 0.232 e. The highest BCUT2D eigenvalue weighted by molar-refractivity contribution is 7.92. The highest BCUT2D eigenvalue weighted by Gasteiger charge is 2.14. The first kappa shape index (κ1) is 18.5. The van der Waals surface area contributed by atoms with Gasteiger partial charge in [-0.2, -0.15) is 0 Å². The zero-order valence-corrected chi connectivity index (χ0v) is 16.1. The smallest absolute Gasteiger partial charge is 0.232 e. The molecule has 0 aliphatic carbocycles. The third-order valence-corrected chi connectivity index (χ3v) is 5.87. The molecule has 0 amide bonds. The molecule has 1 aliphatic heterocycles. The Morgan fingerprint density at radius 2 is 1.35 bits per heavy atom. The summed E-state index contributed by atoms with van der Waals surface area (Å²) in [4.78, 5) is 4.75. The summed E-state index contributed by atoms with van der Waals surface area (Å²) in [5, 5.41) is 3.34. The van der Waals surface area contributed by atoms with Gasteiger partial charge in [-0.05, 0) is 62.5 Å². The predicted molar refractivity (Wildman–Crippen MR) is 109 cm³/mol. The first-order chi connectivity index (χ1) is 12.4. The van der Waals surface area contributed by atoms with Gasteiger partial charge < -0.3 is 15.1 Å². The summed E-state index contributed by atoms with van der Waals surface area (Å²) in [6, 6.07) is 15.7. The molecule has 1 heterocycles. The molecule has 2 N–H and O–H groups in total. The van der Waals surface area contributed by atoms with Crippen molar-refractivity contribution in [2.75, 3.05) is 53.9 Å². The Balaban J connectivity index is 1.60. The van der Waals surface area contributed by atoms with Crippen LogP contribution in [0.5, 0.6) is 0 Å². The summed E-state index contributed by atoms with van der Waals surface area (Å²) in [7, 11) is -1.09. The Morgan fingerprint density at radius 1 is 0.846 bits per heavy atom. The Labute approximate surface area is 155 Å². The van der Waals surface area contributed by atoms with E-state index in [1.54, 1.807) is 19.1 Å². The molecular weight excluding hydrogens is 348 g/mol. The zero-order valence-electron chi connectivity index (χ0n) is 15.3. The van der Waals surface area contributed by atoms with Gasteiger partial charge in [0.05, 0.1) is 5.75 Å². The Bertz CT molecular complexity index is 812. The number of rotatable bonds is 6. The fourth-order valence-electron chi connectivity index (χ4n) is 2.86. The second-order valence-corrected chi connectivity index (χ2v) is 8.56. The summed E-state index contributed by atoms with van der Waals surface area (Å²) >= 11 is 0. The molecule has 2 aromatic rings. The largest absolute Gasteiger partial charge is 0.369 e. The first-order valence-electron chi connectivity index (χ1n) is 8.86. The van der Waals surface area contributed by atoms with Crippen LogP contribution in [0.4, 0.5) is 22.7 Å². The predicted octanol–water partition coefficient (Wildman–Crippen LogP) is 2.94. The number of hydrogen-bond donors (Lipinski definition) is 2. The lowest BCUT2D eigenvalue weighted by Gasteiger charge is -2.34. The van der Waals surface area contributed by atoms with Gasteiger partial charge in [0.15, 0.2) is 0 Å². The molecule has 2 aromatic carbocycles. The molecule has 0 bridgehead atoms. The molecule has 1 saturated heterocycles. The third-order valence-electron chi connectivity index (χ3n) is 4.56. The van der Waals surface area contributed by atoms with Crippen molar-refractivity contribution in [1.82, 2.24) is 4.90 Å². The monoisotopic (exact) mass is 374 g/mol. The fraction of sp³-hybridized carbons (Fsp3) is 0.368. The minimum absolute atomic E-state index is 0.0622. The van der Waals surface area contributed by atoms with Crippen LogP contribution in [-0.2, 0) is 10.0 Å². The molecule has 0 spiro atoms. The molecule has 140 valence electrons. The minimum atomic E-state index is -3.24. The van der Waals surface area contributed by atoms with Crippen molar-refractivity contribution in [3.05, 3.63) is 48.5 Å². The van der Waals surface area contributed by atoms with Crippen LogP contribution in [0.3, 0.4) is 0 Å². The van der Waals surface area contributed by atoms with Crippen molar-refractivity contribution >= 4 is 32.8 Å². The summed E-state index contributed by atoms with van der Waals surface area (Å²) in [6.07, 6.45) is 0. The van der Waals surface area contributed by atoms with Gasteiger partial charge in [-0.3, -0.25) is 4.72 Å². The van der Waals surface area contributed by atoms with Crippen LogP contribution in [0, 0.1) is 0 Å². The highest BCUT2D eigenvalue weighted by atomic mass is 32.2. The Hall–Kier alpha value is -2.25. The number of likely N-dealkylation sites (N-methyl/N-ethyl adjacent to an activating group) is 1. The van der Waals surface area contributed by atoms with Gasteiger partial charge in [-0.1, -0.05) is 0 Å². The van der Waals surface area contributed by atoms with Gasteiger partial charge in [-0.25, -0.2) is 8.42 Å². The fourth-order valence-corrected chi connectivity index (χ4v) is 3.50. The van der Waals surface area contributed by atoms with Crippen molar-refractivity contribution in [3.63, 3.8) is 0 Å². The zero-order chi connectivity index (χ0) is 18.6. The molecule has 0 aromatic heterocycles. The lowest BCUT2D eigenvalue weighted by molar-refractivity contribution is 0.313. The molecule has 0 unspecified atom stereocenters. The summed E-state index contributed by atoms with van der Waals surface area (Å²) in [5.41, 5.74) is 3.73. The molecule has 0 saturated carbocycles. The lowest BCUT2D eigenvalue weighted by atomic mass is 10.2. The number of benzene rings is 2.